The van der Waals surface area contributed by atoms with Crippen molar-refractivity contribution in [1.29, 1.82) is 0 Å². The number of aromatic nitrogens is 2. The van der Waals surface area contributed by atoms with Crippen molar-refractivity contribution in [3.8, 4) is 5.88 Å². The molecule has 0 aromatic carbocycles. The van der Waals surface area contributed by atoms with E-state index in [4.69, 9.17) is 4.74 Å². The van der Waals surface area contributed by atoms with Crippen molar-refractivity contribution in [1.82, 2.24) is 14.7 Å². The number of nitrogens with zero attached hydrogens (tertiary/aromatic N) is 2. The van der Waals surface area contributed by atoms with Crippen LogP contribution in [0.15, 0.2) is 11.6 Å². The predicted molar refractivity (Wildman–Crippen MR) is 77.8 cm³/mol. The summed E-state index contributed by atoms with van der Waals surface area (Å²) in [6, 6.07) is 0. The topological polar surface area (TPSA) is 38.6 Å². The van der Waals surface area contributed by atoms with Gasteiger partial charge in [-0.1, -0.05) is 13.3 Å². The molecule has 4 nitrogen and oxygen atoms in total. The second kappa shape index (κ2) is 5.51. The molecule has 1 N–H and O–H groups in total. The minimum atomic E-state index is 0.749. The van der Waals surface area contributed by atoms with Crippen molar-refractivity contribution < 1.29 is 4.74 Å². The average molecular weight is 279 g/mol. The lowest BCUT2D eigenvalue weighted by Crippen LogP contribution is -2.22. The van der Waals surface area contributed by atoms with Crippen molar-refractivity contribution in [2.45, 2.75) is 32.7 Å². The molecule has 0 radical (unpaired) electrons. The molecule has 1 saturated carbocycles. The van der Waals surface area contributed by atoms with Gasteiger partial charge in [-0.15, -0.1) is 11.3 Å². The quantitative estimate of drug-likeness (QED) is 0.914. The number of methoxy groups -OCH3 is 1. The molecule has 19 heavy (non-hydrogen) atoms. The number of thiazole rings is 1. The zero-order valence-corrected chi connectivity index (χ0v) is 12.4. The molecule has 2 heterocycles. The third kappa shape index (κ3) is 2.62. The van der Waals surface area contributed by atoms with Gasteiger partial charge in [-0.05, 0) is 31.2 Å². The molecular formula is C14H21N3OS. The van der Waals surface area contributed by atoms with E-state index in [-0.39, 0.29) is 0 Å². The van der Waals surface area contributed by atoms with Gasteiger partial charge in [0.2, 0.25) is 5.88 Å². The maximum Gasteiger partial charge on any atom is 0.237 e. The molecule has 1 aliphatic carbocycles. The Labute approximate surface area is 117 Å². The first kappa shape index (κ1) is 12.9. The van der Waals surface area contributed by atoms with E-state index < -0.39 is 0 Å². The van der Waals surface area contributed by atoms with E-state index in [0.717, 1.165) is 41.5 Å². The van der Waals surface area contributed by atoms with Gasteiger partial charge in [-0.3, -0.25) is 4.40 Å². The van der Waals surface area contributed by atoms with Gasteiger partial charge < -0.3 is 10.1 Å². The van der Waals surface area contributed by atoms with Crippen LogP contribution in [0.3, 0.4) is 0 Å². The number of imidazole rings is 1. The summed E-state index contributed by atoms with van der Waals surface area (Å²) in [6.45, 7) is 4.28. The van der Waals surface area contributed by atoms with Crippen molar-refractivity contribution in [3.63, 3.8) is 0 Å². The SMILES string of the molecule is COc1nc2sccn2c1CNCC1CCC(C)C1. The zero-order valence-electron chi connectivity index (χ0n) is 11.6. The van der Waals surface area contributed by atoms with Gasteiger partial charge in [0.25, 0.3) is 0 Å². The van der Waals surface area contributed by atoms with Gasteiger partial charge in [0.1, 0.15) is 5.69 Å². The third-order valence-corrected chi connectivity index (χ3v) is 4.80. The summed E-state index contributed by atoms with van der Waals surface area (Å²) in [5, 5.41) is 5.63. The molecule has 5 heteroatoms. The lowest BCUT2D eigenvalue weighted by atomic mass is 10.1. The summed E-state index contributed by atoms with van der Waals surface area (Å²) in [5.74, 6) is 2.49. The van der Waals surface area contributed by atoms with E-state index in [2.05, 4.69) is 33.2 Å². The first-order valence-electron chi connectivity index (χ1n) is 6.97. The summed E-state index contributed by atoms with van der Waals surface area (Å²) in [4.78, 5) is 5.48. The van der Waals surface area contributed by atoms with Crippen molar-refractivity contribution >= 4 is 16.3 Å². The van der Waals surface area contributed by atoms with Gasteiger partial charge in [0, 0.05) is 18.1 Å². The van der Waals surface area contributed by atoms with E-state index >= 15 is 0 Å². The molecule has 0 bridgehead atoms. The van der Waals surface area contributed by atoms with Crippen LogP contribution in [0, 0.1) is 11.8 Å². The Morgan fingerprint density at radius 2 is 2.42 bits per heavy atom. The minimum Gasteiger partial charge on any atom is -0.480 e. The van der Waals surface area contributed by atoms with Crippen LogP contribution >= 0.6 is 11.3 Å². The van der Waals surface area contributed by atoms with Crippen LogP contribution in [-0.4, -0.2) is 23.0 Å². The molecule has 1 aliphatic rings. The summed E-state index contributed by atoms with van der Waals surface area (Å²) in [7, 11) is 1.69. The maximum atomic E-state index is 5.36. The molecule has 0 spiro atoms. The number of hydrogen-bond acceptors (Lipinski definition) is 4. The molecular weight excluding hydrogens is 258 g/mol. The van der Waals surface area contributed by atoms with E-state index in [0.29, 0.717) is 0 Å². The fourth-order valence-electron chi connectivity index (χ4n) is 3.04. The molecule has 0 amide bonds. The summed E-state index contributed by atoms with van der Waals surface area (Å²) < 4.78 is 7.48. The highest BCUT2D eigenvalue weighted by Crippen LogP contribution is 2.30. The second-order valence-corrected chi connectivity index (χ2v) is 6.41. The number of fused-ring (bicyclic) bond motifs is 1. The van der Waals surface area contributed by atoms with E-state index in [1.807, 2.05) is 0 Å². The normalized spacial score (nSPS) is 23.3. The smallest absolute Gasteiger partial charge is 0.237 e. The second-order valence-electron chi connectivity index (χ2n) is 5.54. The molecule has 0 aliphatic heterocycles. The molecule has 3 rings (SSSR count). The van der Waals surface area contributed by atoms with Crippen LogP contribution in [-0.2, 0) is 6.54 Å². The molecule has 2 atom stereocenters. The Balaban J connectivity index is 1.62. The van der Waals surface area contributed by atoms with E-state index in [1.165, 1.54) is 19.3 Å². The van der Waals surface area contributed by atoms with Gasteiger partial charge in [-0.25, -0.2) is 0 Å². The number of nitrogens with one attached hydrogen (secondary N) is 1. The largest absolute Gasteiger partial charge is 0.480 e. The molecule has 2 aromatic heterocycles. The highest BCUT2D eigenvalue weighted by Gasteiger charge is 2.21. The van der Waals surface area contributed by atoms with Crippen molar-refractivity contribution in [3.05, 3.63) is 17.3 Å². The van der Waals surface area contributed by atoms with Gasteiger partial charge in [-0.2, -0.15) is 4.98 Å². The number of hydrogen-bond donors (Lipinski definition) is 1. The van der Waals surface area contributed by atoms with Crippen LogP contribution < -0.4 is 10.1 Å². The Hall–Kier alpha value is -1.07. The summed E-state index contributed by atoms with van der Waals surface area (Å²) in [6.07, 6.45) is 6.18. The van der Waals surface area contributed by atoms with Crippen molar-refractivity contribution in [2.24, 2.45) is 11.8 Å². The Morgan fingerprint density at radius 3 is 3.16 bits per heavy atom. The van der Waals surface area contributed by atoms with Crippen LogP contribution in [0.2, 0.25) is 0 Å². The van der Waals surface area contributed by atoms with Crippen LogP contribution in [0.4, 0.5) is 0 Å². The summed E-state index contributed by atoms with van der Waals surface area (Å²) >= 11 is 1.64. The fourth-order valence-corrected chi connectivity index (χ4v) is 3.77. The van der Waals surface area contributed by atoms with Crippen LogP contribution in [0.1, 0.15) is 31.9 Å². The van der Waals surface area contributed by atoms with Crippen molar-refractivity contribution in [2.75, 3.05) is 13.7 Å². The monoisotopic (exact) mass is 279 g/mol. The number of rotatable bonds is 5. The molecule has 104 valence electrons. The van der Waals surface area contributed by atoms with Gasteiger partial charge in [0.15, 0.2) is 4.96 Å². The lowest BCUT2D eigenvalue weighted by molar-refractivity contribution is 0.390. The zero-order chi connectivity index (χ0) is 13.2. The molecule has 2 unspecified atom stereocenters. The lowest BCUT2D eigenvalue weighted by Gasteiger charge is -2.11. The Kier molecular flexibility index (Phi) is 3.75. The Morgan fingerprint density at radius 1 is 1.53 bits per heavy atom. The highest BCUT2D eigenvalue weighted by molar-refractivity contribution is 7.15. The average Bonchev–Trinajstić information content (AvgIpc) is 3.06. The highest BCUT2D eigenvalue weighted by atomic mass is 32.1. The van der Waals surface area contributed by atoms with E-state index in [1.54, 1.807) is 18.4 Å². The van der Waals surface area contributed by atoms with Crippen LogP contribution in [0.5, 0.6) is 5.88 Å². The summed E-state index contributed by atoms with van der Waals surface area (Å²) in [5.41, 5.74) is 1.13. The minimum absolute atomic E-state index is 0.749. The van der Waals surface area contributed by atoms with E-state index in [9.17, 15) is 0 Å². The maximum absolute atomic E-state index is 5.36. The van der Waals surface area contributed by atoms with Gasteiger partial charge >= 0.3 is 0 Å². The predicted octanol–water partition coefficient (Wildman–Crippen LogP) is 2.93. The van der Waals surface area contributed by atoms with Crippen LogP contribution in [0.25, 0.3) is 4.96 Å². The Bertz CT molecular complexity index is 548. The standard InChI is InChI=1S/C14H21N3OS/c1-10-3-4-11(7-10)8-15-9-12-13(18-2)16-14-17(12)5-6-19-14/h5-6,10-11,15H,3-4,7-9H2,1-2H3. The molecule has 2 aromatic rings. The fraction of sp³-hybridized carbons (Fsp3) is 0.643. The first-order valence-corrected chi connectivity index (χ1v) is 7.85. The third-order valence-electron chi connectivity index (χ3n) is 4.05. The molecule has 1 fully saturated rings. The first-order chi connectivity index (χ1) is 9.28. The van der Waals surface area contributed by atoms with Gasteiger partial charge in [0.05, 0.1) is 7.11 Å². The number of ether oxygens (including phenoxy) is 1. The molecule has 0 saturated heterocycles.